The number of rotatable bonds is 7. The van der Waals surface area contributed by atoms with Crippen LogP contribution in [0.1, 0.15) is 30.9 Å². The van der Waals surface area contributed by atoms with Crippen LogP contribution < -0.4 is 5.32 Å². The normalized spacial score (nSPS) is 15.5. The summed E-state index contributed by atoms with van der Waals surface area (Å²) in [5.41, 5.74) is -0.163. The van der Waals surface area contributed by atoms with Crippen LogP contribution in [0.15, 0.2) is 48.5 Å². The summed E-state index contributed by atoms with van der Waals surface area (Å²) < 4.78 is 39.8. The maximum atomic E-state index is 13.3. The van der Waals surface area contributed by atoms with Gasteiger partial charge in [-0.3, -0.25) is 9.69 Å². The number of amides is 1. The van der Waals surface area contributed by atoms with Crippen LogP contribution in [0.25, 0.3) is 0 Å². The number of halogens is 4. The Kier molecular flexibility index (Phi) is 6.30. The average molecular weight is 411 g/mol. The van der Waals surface area contributed by atoms with Gasteiger partial charge in [0, 0.05) is 17.6 Å². The summed E-state index contributed by atoms with van der Waals surface area (Å²) in [6, 6.07) is 13.3. The third-order valence-corrected chi connectivity index (χ3v) is 5.25. The molecule has 1 aliphatic rings. The van der Waals surface area contributed by atoms with Crippen LogP contribution in [0.2, 0.25) is 5.02 Å². The number of carbonyl (C=O) groups excluding carboxylic acids is 1. The van der Waals surface area contributed by atoms with Gasteiger partial charge in [-0.2, -0.15) is 13.2 Å². The molecule has 150 valence electrons. The summed E-state index contributed by atoms with van der Waals surface area (Å²) in [6.45, 7) is 2.66. The van der Waals surface area contributed by atoms with E-state index in [0.717, 1.165) is 24.5 Å². The fraction of sp³-hybridized carbons (Fsp3) is 0.381. The van der Waals surface area contributed by atoms with Crippen molar-refractivity contribution in [1.29, 1.82) is 0 Å². The standard InChI is InChI=1S/C21H22ClF3N2O/c1-14(16-7-8-16)27(12-15-5-3-2-4-6-15)13-20(28)26-19-10-9-17(22)11-18(19)21(23,24)25/h2-6,9-11,14,16H,7-8,12-13H2,1H3,(H,26,28). The van der Waals surface area contributed by atoms with Gasteiger partial charge in [-0.25, -0.2) is 0 Å². The molecule has 0 saturated heterocycles. The van der Waals surface area contributed by atoms with Gasteiger partial charge >= 0.3 is 6.18 Å². The predicted molar refractivity (Wildman–Crippen MR) is 104 cm³/mol. The zero-order chi connectivity index (χ0) is 20.3. The second kappa shape index (κ2) is 8.53. The Morgan fingerprint density at radius 2 is 1.89 bits per heavy atom. The molecule has 0 bridgehead atoms. The summed E-state index contributed by atoms with van der Waals surface area (Å²) >= 11 is 5.70. The van der Waals surface area contributed by atoms with Gasteiger partial charge in [0.05, 0.1) is 17.8 Å². The molecule has 1 saturated carbocycles. The molecule has 1 fully saturated rings. The van der Waals surface area contributed by atoms with Gasteiger partial charge in [0.25, 0.3) is 0 Å². The second-order valence-electron chi connectivity index (χ2n) is 7.20. The molecule has 3 rings (SSSR count). The van der Waals surface area contributed by atoms with E-state index in [9.17, 15) is 18.0 Å². The molecule has 1 amide bonds. The van der Waals surface area contributed by atoms with E-state index in [0.29, 0.717) is 12.5 Å². The Morgan fingerprint density at radius 3 is 2.50 bits per heavy atom. The number of benzene rings is 2. The quantitative estimate of drug-likeness (QED) is 0.644. The van der Waals surface area contributed by atoms with E-state index in [-0.39, 0.29) is 23.3 Å². The molecule has 7 heteroatoms. The molecule has 2 aromatic rings. The van der Waals surface area contributed by atoms with Crippen molar-refractivity contribution in [2.24, 2.45) is 5.92 Å². The highest BCUT2D eigenvalue weighted by Gasteiger charge is 2.35. The first-order chi connectivity index (χ1) is 13.2. The van der Waals surface area contributed by atoms with Gasteiger partial charge in [0.1, 0.15) is 0 Å². The Hall–Kier alpha value is -2.05. The Labute approximate surface area is 167 Å². The van der Waals surface area contributed by atoms with Gasteiger partial charge in [-0.15, -0.1) is 0 Å². The zero-order valence-electron chi connectivity index (χ0n) is 15.5. The Morgan fingerprint density at radius 1 is 1.21 bits per heavy atom. The first kappa shape index (κ1) is 20.7. The molecule has 28 heavy (non-hydrogen) atoms. The highest BCUT2D eigenvalue weighted by Crippen LogP contribution is 2.37. The third-order valence-electron chi connectivity index (χ3n) is 5.02. The molecular weight excluding hydrogens is 389 g/mol. The third kappa shape index (κ3) is 5.49. The SMILES string of the molecule is CC(C1CC1)N(CC(=O)Nc1ccc(Cl)cc1C(F)(F)F)Cc1ccccc1. The van der Waals surface area contributed by atoms with E-state index in [2.05, 4.69) is 12.2 Å². The molecule has 0 aliphatic heterocycles. The summed E-state index contributed by atoms with van der Waals surface area (Å²) in [7, 11) is 0. The van der Waals surface area contributed by atoms with Crippen LogP contribution in [0, 0.1) is 5.92 Å². The van der Waals surface area contributed by atoms with Crippen molar-refractivity contribution < 1.29 is 18.0 Å². The summed E-state index contributed by atoms with van der Waals surface area (Å²) in [6.07, 6.45) is -2.37. The van der Waals surface area contributed by atoms with Crippen molar-refractivity contribution in [2.75, 3.05) is 11.9 Å². The molecule has 0 aromatic heterocycles. The minimum absolute atomic E-state index is 0.0203. The van der Waals surface area contributed by atoms with Gasteiger partial charge < -0.3 is 5.32 Å². The largest absolute Gasteiger partial charge is 0.418 e. The lowest BCUT2D eigenvalue weighted by molar-refractivity contribution is -0.137. The van der Waals surface area contributed by atoms with Crippen LogP contribution in [-0.2, 0) is 17.5 Å². The fourth-order valence-electron chi connectivity index (χ4n) is 3.27. The lowest BCUT2D eigenvalue weighted by Gasteiger charge is -2.29. The highest BCUT2D eigenvalue weighted by molar-refractivity contribution is 6.30. The fourth-order valence-corrected chi connectivity index (χ4v) is 3.44. The lowest BCUT2D eigenvalue weighted by atomic mass is 10.1. The van der Waals surface area contributed by atoms with Crippen LogP contribution in [0.4, 0.5) is 18.9 Å². The van der Waals surface area contributed by atoms with E-state index in [1.807, 2.05) is 35.2 Å². The summed E-state index contributed by atoms with van der Waals surface area (Å²) in [4.78, 5) is 14.6. The second-order valence-corrected chi connectivity index (χ2v) is 7.64. The minimum Gasteiger partial charge on any atom is -0.324 e. The van der Waals surface area contributed by atoms with Crippen LogP contribution in [0.3, 0.4) is 0 Å². The number of nitrogens with zero attached hydrogens (tertiary/aromatic N) is 1. The molecule has 0 radical (unpaired) electrons. The van der Waals surface area contributed by atoms with Crippen molar-refractivity contribution >= 4 is 23.2 Å². The minimum atomic E-state index is -4.60. The van der Waals surface area contributed by atoms with Crippen LogP contribution in [0.5, 0.6) is 0 Å². The molecule has 1 unspecified atom stereocenters. The van der Waals surface area contributed by atoms with Crippen molar-refractivity contribution in [3.63, 3.8) is 0 Å². The average Bonchev–Trinajstić information content (AvgIpc) is 3.47. The molecule has 0 heterocycles. The Bertz CT molecular complexity index is 822. The maximum absolute atomic E-state index is 13.3. The zero-order valence-corrected chi connectivity index (χ0v) is 16.2. The number of carbonyl (C=O) groups is 1. The van der Waals surface area contributed by atoms with Crippen molar-refractivity contribution in [2.45, 2.75) is 38.5 Å². The maximum Gasteiger partial charge on any atom is 0.418 e. The van der Waals surface area contributed by atoms with E-state index in [1.165, 1.54) is 12.1 Å². The van der Waals surface area contributed by atoms with Gasteiger partial charge in [0.2, 0.25) is 5.91 Å². The smallest absolute Gasteiger partial charge is 0.324 e. The van der Waals surface area contributed by atoms with E-state index >= 15 is 0 Å². The monoisotopic (exact) mass is 410 g/mol. The van der Waals surface area contributed by atoms with E-state index < -0.39 is 17.6 Å². The van der Waals surface area contributed by atoms with Crippen molar-refractivity contribution in [3.05, 3.63) is 64.7 Å². The Balaban J connectivity index is 1.74. The molecule has 1 N–H and O–H groups in total. The first-order valence-electron chi connectivity index (χ1n) is 9.18. The number of hydrogen-bond donors (Lipinski definition) is 1. The number of nitrogens with one attached hydrogen (secondary N) is 1. The molecule has 0 spiro atoms. The van der Waals surface area contributed by atoms with Gasteiger partial charge in [-0.05, 0) is 49.4 Å². The molecule has 1 atom stereocenters. The first-order valence-corrected chi connectivity index (χ1v) is 9.56. The number of alkyl halides is 3. The van der Waals surface area contributed by atoms with E-state index in [1.54, 1.807) is 0 Å². The van der Waals surface area contributed by atoms with E-state index in [4.69, 9.17) is 11.6 Å². The predicted octanol–water partition coefficient (Wildman–Crippen LogP) is 5.60. The van der Waals surface area contributed by atoms with Crippen LogP contribution >= 0.6 is 11.6 Å². The number of anilines is 1. The van der Waals surface area contributed by atoms with Crippen molar-refractivity contribution in [1.82, 2.24) is 4.90 Å². The van der Waals surface area contributed by atoms with Gasteiger partial charge in [0.15, 0.2) is 0 Å². The van der Waals surface area contributed by atoms with Crippen molar-refractivity contribution in [3.8, 4) is 0 Å². The highest BCUT2D eigenvalue weighted by atomic mass is 35.5. The summed E-state index contributed by atoms with van der Waals surface area (Å²) in [5, 5.41) is 2.39. The van der Waals surface area contributed by atoms with Crippen LogP contribution in [-0.4, -0.2) is 23.4 Å². The molecule has 1 aliphatic carbocycles. The number of hydrogen-bond acceptors (Lipinski definition) is 2. The van der Waals surface area contributed by atoms with Gasteiger partial charge in [-0.1, -0.05) is 41.9 Å². The lowest BCUT2D eigenvalue weighted by Crippen LogP contribution is -2.40. The molecule has 2 aromatic carbocycles. The topological polar surface area (TPSA) is 32.3 Å². The molecular formula is C21H22ClF3N2O. The summed E-state index contributed by atoms with van der Waals surface area (Å²) in [5.74, 6) is 0.0500. The molecule has 3 nitrogen and oxygen atoms in total.